The van der Waals surface area contributed by atoms with Gasteiger partial charge < -0.3 is 5.11 Å². The molecule has 3 aromatic rings. The third-order valence-electron chi connectivity index (χ3n) is 2.55. The van der Waals surface area contributed by atoms with Gasteiger partial charge in [0.05, 0.1) is 24.2 Å². The lowest BCUT2D eigenvalue weighted by atomic mass is 10.2. The fourth-order valence-corrected chi connectivity index (χ4v) is 2.68. The summed E-state index contributed by atoms with van der Waals surface area (Å²) in [5.41, 5.74) is 3.05. The summed E-state index contributed by atoms with van der Waals surface area (Å²) in [6.45, 7) is 0.0116. The van der Waals surface area contributed by atoms with Crippen LogP contribution in [0.2, 0.25) is 0 Å². The summed E-state index contributed by atoms with van der Waals surface area (Å²) in [4.78, 5) is 5.18. The van der Waals surface area contributed by atoms with E-state index in [2.05, 4.69) is 22.5 Å². The lowest BCUT2D eigenvalue weighted by Crippen LogP contribution is -1.92. The van der Waals surface area contributed by atoms with Gasteiger partial charge in [-0.2, -0.15) is 0 Å². The van der Waals surface area contributed by atoms with E-state index >= 15 is 0 Å². The summed E-state index contributed by atoms with van der Waals surface area (Å²) in [7, 11) is 0. The molecular weight excluding hydrogens is 220 g/mol. The molecule has 0 amide bonds. The topological polar surface area (TPSA) is 37.5 Å². The molecule has 80 valence electrons. The number of nitrogens with zero attached hydrogens (tertiary/aromatic N) is 2. The van der Waals surface area contributed by atoms with Gasteiger partial charge in [-0.15, -0.1) is 11.3 Å². The van der Waals surface area contributed by atoms with Crippen LogP contribution in [0.15, 0.2) is 41.9 Å². The summed E-state index contributed by atoms with van der Waals surface area (Å²) in [6.07, 6.45) is 1.72. The highest BCUT2D eigenvalue weighted by molar-refractivity contribution is 7.15. The van der Waals surface area contributed by atoms with Crippen molar-refractivity contribution < 1.29 is 5.11 Å². The van der Waals surface area contributed by atoms with Gasteiger partial charge in [0.15, 0.2) is 4.96 Å². The molecule has 0 atom stereocenters. The Labute approximate surface area is 96.6 Å². The fraction of sp³-hybridized carbons (Fsp3) is 0.0833. The monoisotopic (exact) mass is 230 g/mol. The normalized spacial score (nSPS) is 11.1. The Morgan fingerprint density at radius 2 is 2.06 bits per heavy atom. The van der Waals surface area contributed by atoms with Crippen molar-refractivity contribution in [2.75, 3.05) is 0 Å². The Morgan fingerprint density at radius 1 is 1.25 bits per heavy atom. The Bertz CT molecular complexity index is 612. The van der Waals surface area contributed by atoms with E-state index in [0.29, 0.717) is 0 Å². The quantitative estimate of drug-likeness (QED) is 0.734. The number of rotatable bonds is 2. The second-order valence-corrected chi connectivity index (χ2v) is 4.35. The molecule has 0 aliphatic heterocycles. The molecule has 2 heterocycles. The average molecular weight is 230 g/mol. The highest BCUT2D eigenvalue weighted by Gasteiger charge is 2.10. The molecule has 0 bridgehead atoms. The number of aromatic nitrogens is 2. The minimum absolute atomic E-state index is 0.0116. The number of thiazole rings is 1. The van der Waals surface area contributed by atoms with Gasteiger partial charge in [-0.3, -0.25) is 4.40 Å². The maximum atomic E-state index is 9.26. The predicted octanol–water partition coefficient (Wildman–Crippen LogP) is 2.56. The first-order valence-electron chi connectivity index (χ1n) is 5.00. The number of imidazole rings is 1. The fourth-order valence-electron chi connectivity index (χ4n) is 1.79. The van der Waals surface area contributed by atoms with Crippen LogP contribution in [0, 0.1) is 0 Å². The lowest BCUT2D eigenvalue weighted by Gasteiger charge is -2.01. The zero-order valence-electron chi connectivity index (χ0n) is 8.50. The molecule has 3 rings (SSSR count). The van der Waals surface area contributed by atoms with Crippen molar-refractivity contribution in [2.24, 2.45) is 0 Å². The molecule has 0 saturated carbocycles. The number of fused-ring (bicyclic) bond motifs is 1. The minimum Gasteiger partial charge on any atom is -0.390 e. The highest BCUT2D eigenvalue weighted by Crippen LogP contribution is 2.26. The molecule has 16 heavy (non-hydrogen) atoms. The van der Waals surface area contributed by atoms with Gasteiger partial charge in [0.2, 0.25) is 0 Å². The third-order valence-corrected chi connectivity index (χ3v) is 3.39. The molecule has 0 aliphatic carbocycles. The second-order valence-electron chi connectivity index (χ2n) is 3.51. The maximum absolute atomic E-state index is 9.26. The standard InChI is InChI=1S/C12H10N2OS/c15-7-10-6-13-12-14(10)11(8-16-12)9-4-2-1-3-5-9/h1-6,8,15H,7H2. The van der Waals surface area contributed by atoms with Crippen LogP contribution in [-0.4, -0.2) is 14.5 Å². The van der Waals surface area contributed by atoms with Crippen molar-refractivity contribution in [3.05, 3.63) is 47.6 Å². The Morgan fingerprint density at radius 3 is 2.81 bits per heavy atom. The van der Waals surface area contributed by atoms with Crippen LogP contribution in [0.3, 0.4) is 0 Å². The second kappa shape index (κ2) is 3.73. The average Bonchev–Trinajstić information content (AvgIpc) is 2.90. The SMILES string of the molecule is OCc1cnc2scc(-c3ccccc3)n12. The molecule has 0 radical (unpaired) electrons. The Kier molecular flexibility index (Phi) is 2.23. The first-order valence-corrected chi connectivity index (χ1v) is 5.88. The number of benzene rings is 1. The molecule has 0 aliphatic rings. The summed E-state index contributed by atoms with van der Waals surface area (Å²) in [5.74, 6) is 0. The van der Waals surface area contributed by atoms with Crippen molar-refractivity contribution in [3.63, 3.8) is 0 Å². The van der Waals surface area contributed by atoms with Gasteiger partial charge in [0.1, 0.15) is 0 Å². The Balaban J connectivity index is 2.28. The van der Waals surface area contributed by atoms with Crippen LogP contribution in [0.1, 0.15) is 5.69 Å². The molecule has 1 aromatic carbocycles. The number of hydrogen-bond donors (Lipinski definition) is 1. The van der Waals surface area contributed by atoms with Gasteiger partial charge in [-0.1, -0.05) is 30.3 Å². The number of aliphatic hydroxyl groups is 1. The summed E-state index contributed by atoms with van der Waals surface area (Å²) >= 11 is 1.59. The molecule has 0 unspecified atom stereocenters. The lowest BCUT2D eigenvalue weighted by molar-refractivity contribution is 0.276. The molecule has 3 nitrogen and oxygen atoms in total. The van der Waals surface area contributed by atoms with Crippen LogP contribution >= 0.6 is 11.3 Å². The van der Waals surface area contributed by atoms with E-state index in [0.717, 1.165) is 21.9 Å². The minimum atomic E-state index is 0.0116. The van der Waals surface area contributed by atoms with Crippen LogP contribution < -0.4 is 0 Å². The molecule has 0 saturated heterocycles. The Hall–Kier alpha value is -1.65. The number of aliphatic hydroxyl groups excluding tert-OH is 1. The summed E-state index contributed by atoms with van der Waals surface area (Å²) in [6, 6.07) is 10.1. The first-order chi connectivity index (χ1) is 7.90. The van der Waals surface area contributed by atoms with E-state index in [1.165, 1.54) is 0 Å². The molecular formula is C12H10N2OS. The van der Waals surface area contributed by atoms with Gasteiger partial charge >= 0.3 is 0 Å². The van der Waals surface area contributed by atoms with Gasteiger partial charge in [0.25, 0.3) is 0 Å². The van der Waals surface area contributed by atoms with E-state index in [1.54, 1.807) is 17.5 Å². The van der Waals surface area contributed by atoms with E-state index < -0.39 is 0 Å². The highest BCUT2D eigenvalue weighted by atomic mass is 32.1. The molecule has 2 aromatic heterocycles. The van der Waals surface area contributed by atoms with E-state index in [-0.39, 0.29) is 6.61 Å². The van der Waals surface area contributed by atoms with E-state index in [1.807, 2.05) is 22.6 Å². The van der Waals surface area contributed by atoms with Crippen molar-refractivity contribution in [2.45, 2.75) is 6.61 Å². The van der Waals surface area contributed by atoms with Crippen LogP contribution in [0.5, 0.6) is 0 Å². The molecule has 0 fully saturated rings. The predicted molar refractivity (Wildman–Crippen MR) is 64.4 cm³/mol. The van der Waals surface area contributed by atoms with Gasteiger partial charge in [0, 0.05) is 5.38 Å². The maximum Gasteiger partial charge on any atom is 0.194 e. The van der Waals surface area contributed by atoms with Crippen LogP contribution in [0.4, 0.5) is 0 Å². The third kappa shape index (κ3) is 1.35. The van der Waals surface area contributed by atoms with Crippen molar-refractivity contribution in [1.82, 2.24) is 9.38 Å². The van der Waals surface area contributed by atoms with Gasteiger partial charge in [-0.05, 0) is 5.56 Å². The summed E-state index contributed by atoms with van der Waals surface area (Å²) in [5, 5.41) is 11.3. The molecule has 4 heteroatoms. The van der Waals surface area contributed by atoms with Gasteiger partial charge in [-0.25, -0.2) is 4.98 Å². The van der Waals surface area contributed by atoms with Crippen molar-refractivity contribution >= 4 is 16.3 Å². The van der Waals surface area contributed by atoms with Crippen LogP contribution in [-0.2, 0) is 6.61 Å². The van der Waals surface area contributed by atoms with Crippen LogP contribution in [0.25, 0.3) is 16.2 Å². The van der Waals surface area contributed by atoms with Crippen molar-refractivity contribution in [1.29, 1.82) is 0 Å². The van der Waals surface area contributed by atoms with E-state index in [9.17, 15) is 5.11 Å². The smallest absolute Gasteiger partial charge is 0.194 e. The zero-order valence-corrected chi connectivity index (χ0v) is 9.31. The first kappa shape index (κ1) is 9.57. The van der Waals surface area contributed by atoms with Crippen molar-refractivity contribution in [3.8, 4) is 11.3 Å². The number of hydrogen-bond acceptors (Lipinski definition) is 3. The summed E-state index contributed by atoms with van der Waals surface area (Å²) < 4.78 is 2.00. The molecule has 0 spiro atoms. The zero-order chi connectivity index (χ0) is 11.0. The largest absolute Gasteiger partial charge is 0.390 e. The van der Waals surface area contributed by atoms with E-state index in [4.69, 9.17) is 0 Å². The molecule has 1 N–H and O–H groups in total.